The van der Waals surface area contributed by atoms with Crippen molar-refractivity contribution >= 4 is 10.0 Å². The molecule has 1 fully saturated rings. The van der Waals surface area contributed by atoms with Gasteiger partial charge in [-0.05, 0) is 12.8 Å². The van der Waals surface area contributed by atoms with Crippen LogP contribution in [0.4, 0.5) is 0 Å². The van der Waals surface area contributed by atoms with Gasteiger partial charge in [-0.25, -0.2) is 13.4 Å². The number of nitrogens with two attached hydrogens (primary N) is 1. The number of aromatic amines is 1. The number of hydrogen-bond acceptors (Lipinski definition) is 4. The van der Waals surface area contributed by atoms with Gasteiger partial charge in [0.25, 0.3) is 10.0 Å². The molecule has 1 aromatic heterocycles. The van der Waals surface area contributed by atoms with Crippen LogP contribution < -0.4 is 5.73 Å². The van der Waals surface area contributed by atoms with Gasteiger partial charge in [0.15, 0.2) is 5.03 Å². The first-order chi connectivity index (χ1) is 8.16. The Morgan fingerprint density at radius 3 is 2.94 bits per heavy atom. The third-order valence-electron chi connectivity index (χ3n) is 3.15. The van der Waals surface area contributed by atoms with E-state index in [0.29, 0.717) is 13.1 Å². The second-order valence-electron chi connectivity index (χ2n) is 4.27. The Balaban J connectivity index is 2.29. The van der Waals surface area contributed by atoms with Gasteiger partial charge in [-0.1, -0.05) is 12.8 Å². The maximum Gasteiger partial charge on any atom is 0.260 e. The molecule has 6 nitrogen and oxygen atoms in total. The van der Waals surface area contributed by atoms with E-state index in [1.54, 1.807) is 0 Å². The predicted octanol–water partition coefficient (Wildman–Crippen LogP) is 0.302. The number of rotatable bonds is 3. The molecule has 17 heavy (non-hydrogen) atoms. The van der Waals surface area contributed by atoms with Gasteiger partial charge < -0.3 is 10.7 Å². The molecule has 1 unspecified atom stereocenters. The van der Waals surface area contributed by atoms with Crippen LogP contribution in [0.5, 0.6) is 0 Å². The Labute approximate surface area is 101 Å². The highest BCUT2D eigenvalue weighted by atomic mass is 32.2. The predicted molar refractivity (Wildman–Crippen MR) is 63.8 cm³/mol. The Morgan fingerprint density at radius 2 is 2.29 bits per heavy atom. The van der Waals surface area contributed by atoms with Crippen molar-refractivity contribution in [3.05, 3.63) is 12.5 Å². The largest absolute Gasteiger partial charge is 0.335 e. The van der Waals surface area contributed by atoms with Crippen molar-refractivity contribution < 1.29 is 8.42 Å². The van der Waals surface area contributed by atoms with Crippen LogP contribution >= 0.6 is 0 Å². The molecule has 1 atom stereocenters. The van der Waals surface area contributed by atoms with Crippen molar-refractivity contribution in [3.8, 4) is 0 Å². The second kappa shape index (κ2) is 5.16. The summed E-state index contributed by atoms with van der Waals surface area (Å²) >= 11 is 0. The average molecular weight is 258 g/mol. The molecule has 3 N–H and O–H groups in total. The molecule has 1 saturated heterocycles. The first-order valence-corrected chi connectivity index (χ1v) is 7.30. The van der Waals surface area contributed by atoms with Gasteiger partial charge in [-0.15, -0.1) is 0 Å². The minimum atomic E-state index is -3.47. The van der Waals surface area contributed by atoms with Crippen LogP contribution in [0.3, 0.4) is 0 Å². The fraction of sp³-hybridized carbons (Fsp3) is 0.700. The smallest absolute Gasteiger partial charge is 0.260 e. The minimum absolute atomic E-state index is 0.0919. The highest BCUT2D eigenvalue weighted by Gasteiger charge is 2.32. The van der Waals surface area contributed by atoms with Gasteiger partial charge in [0.1, 0.15) is 0 Å². The van der Waals surface area contributed by atoms with Gasteiger partial charge >= 0.3 is 0 Å². The lowest BCUT2D eigenvalue weighted by Crippen LogP contribution is -2.44. The van der Waals surface area contributed by atoms with Crippen LogP contribution in [-0.2, 0) is 10.0 Å². The number of aromatic nitrogens is 2. The molecule has 0 aliphatic carbocycles. The molecular formula is C10H18N4O2S. The normalized spacial score (nSPS) is 23.5. The third kappa shape index (κ3) is 2.51. The fourth-order valence-electron chi connectivity index (χ4n) is 2.21. The summed E-state index contributed by atoms with van der Waals surface area (Å²) in [5.74, 6) is 0. The van der Waals surface area contributed by atoms with Crippen LogP contribution in [0, 0.1) is 0 Å². The van der Waals surface area contributed by atoms with E-state index >= 15 is 0 Å². The van der Waals surface area contributed by atoms with Gasteiger partial charge in [0.05, 0.1) is 12.5 Å². The Bertz CT molecular complexity index is 443. The van der Waals surface area contributed by atoms with Gasteiger partial charge in [0.2, 0.25) is 0 Å². The number of sulfonamides is 1. The average Bonchev–Trinajstić information content (AvgIpc) is 2.74. The lowest BCUT2D eigenvalue weighted by Gasteiger charge is -2.27. The molecule has 7 heteroatoms. The molecule has 0 saturated carbocycles. The zero-order chi connectivity index (χ0) is 12.3. The zero-order valence-electron chi connectivity index (χ0n) is 9.67. The van der Waals surface area contributed by atoms with Crippen molar-refractivity contribution in [1.82, 2.24) is 14.3 Å². The summed E-state index contributed by atoms with van der Waals surface area (Å²) in [4.78, 5) is 6.42. The summed E-state index contributed by atoms with van der Waals surface area (Å²) < 4.78 is 26.3. The minimum Gasteiger partial charge on any atom is -0.335 e. The first kappa shape index (κ1) is 12.5. The molecule has 0 bridgehead atoms. The van der Waals surface area contributed by atoms with E-state index in [1.807, 2.05) is 0 Å². The molecule has 2 heterocycles. The lowest BCUT2D eigenvalue weighted by atomic mass is 10.1. The first-order valence-electron chi connectivity index (χ1n) is 5.86. The van der Waals surface area contributed by atoms with Crippen LogP contribution in [0.2, 0.25) is 0 Å². The molecule has 0 radical (unpaired) electrons. The van der Waals surface area contributed by atoms with Gasteiger partial charge in [-0.3, -0.25) is 0 Å². The van der Waals surface area contributed by atoms with E-state index in [-0.39, 0.29) is 11.1 Å². The Kier molecular flexibility index (Phi) is 3.80. The van der Waals surface area contributed by atoms with Gasteiger partial charge in [-0.2, -0.15) is 4.31 Å². The number of hydrogen-bond donors (Lipinski definition) is 2. The molecule has 96 valence electrons. The Hall–Kier alpha value is -0.920. The molecule has 0 spiro atoms. The third-order valence-corrected chi connectivity index (χ3v) is 5.03. The summed E-state index contributed by atoms with van der Waals surface area (Å²) in [5, 5.41) is 0.151. The van der Waals surface area contributed by atoms with Crippen molar-refractivity contribution in [2.45, 2.75) is 36.8 Å². The number of nitrogens with one attached hydrogen (secondary N) is 1. The quantitative estimate of drug-likeness (QED) is 0.815. The topological polar surface area (TPSA) is 92.1 Å². The summed E-state index contributed by atoms with van der Waals surface area (Å²) in [6.45, 7) is 0.913. The van der Waals surface area contributed by atoms with E-state index in [9.17, 15) is 8.42 Å². The lowest BCUT2D eigenvalue weighted by molar-refractivity contribution is 0.327. The second-order valence-corrected chi connectivity index (χ2v) is 6.13. The molecule has 1 aliphatic rings. The molecule has 2 rings (SSSR count). The van der Waals surface area contributed by atoms with E-state index in [0.717, 1.165) is 25.7 Å². The molecule has 0 amide bonds. The van der Waals surface area contributed by atoms with Crippen LogP contribution in [0.25, 0.3) is 0 Å². The summed E-state index contributed by atoms with van der Waals surface area (Å²) in [6.07, 6.45) is 6.55. The maximum atomic E-state index is 12.4. The summed E-state index contributed by atoms with van der Waals surface area (Å²) in [5.41, 5.74) is 5.68. The van der Waals surface area contributed by atoms with Crippen molar-refractivity contribution in [1.29, 1.82) is 0 Å². The standard InChI is InChI=1S/C10H18N4O2S/c11-6-9-4-2-1-3-5-14(9)17(15,16)10-7-12-8-13-10/h7-9H,1-6,11H2,(H,12,13). The van der Waals surface area contributed by atoms with Gasteiger partial charge in [0, 0.05) is 19.1 Å². The van der Waals surface area contributed by atoms with Crippen LogP contribution in [0.1, 0.15) is 25.7 Å². The van der Waals surface area contributed by atoms with E-state index in [4.69, 9.17) is 5.73 Å². The number of H-pyrrole nitrogens is 1. The van der Waals surface area contributed by atoms with Crippen LogP contribution in [-0.4, -0.2) is 41.8 Å². The van der Waals surface area contributed by atoms with Crippen LogP contribution in [0.15, 0.2) is 17.6 Å². The molecule has 0 aromatic carbocycles. The molecule has 1 aromatic rings. The van der Waals surface area contributed by atoms with E-state index < -0.39 is 10.0 Å². The number of imidazole rings is 1. The Morgan fingerprint density at radius 1 is 1.47 bits per heavy atom. The number of nitrogens with zero attached hydrogens (tertiary/aromatic N) is 2. The van der Waals surface area contributed by atoms with E-state index in [1.165, 1.54) is 16.8 Å². The SMILES string of the molecule is NCC1CCCCCN1S(=O)(=O)c1cnc[nH]1. The summed E-state index contributed by atoms with van der Waals surface area (Å²) in [7, 11) is -3.47. The zero-order valence-corrected chi connectivity index (χ0v) is 10.5. The highest BCUT2D eigenvalue weighted by Crippen LogP contribution is 2.22. The summed E-state index contributed by atoms with van der Waals surface area (Å²) in [6, 6.07) is -0.0919. The molecule has 1 aliphatic heterocycles. The van der Waals surface area contributed by atoms with Crippen molar-refractivity contribution in [3.63, 3.8) is 0 Å². The highest BCUT2D eigenvalue weighted by molar-refractivity contribution is 7.89. The maximum absolute atomic E-state index is 12.4. The van der Waals surface area contributed by atoms with Crippen molar-refractivity contribution in [2.24, 2.45) is 5.73 Å². The monoisotopic (exact) mass is 258 g/mol. The van der Waals surface area contributed by atoms with E-state index in [2.05, 4.69) is 9.97 Å². The van der Waals surface area contributed by atoms with Crippen molar-refractivity contribution in [2.75, 3.05) is 13.1 Å². The molecular weight excluding hydrogens is 240 g/mol. The fourth-order valence-corrected chi connectivity index (χ4v) is 3.82.